The second-order valence-corrected chi connectivity index (χ2v) is 6.98. The van der Waals surface area contributed by atoms with Crippen LogP contribution in [0.2, 0.25) is 0 Å². The van der Waals surface area contributed by atoms with Gasteiger partial charge < -0.3 is 15.1 Å². The van der Waals surface area contributed by atoms with Crippen LogP contribution in [0.15, 0.2) is 0 Å². The van der Waals surface area contributed by atoms with E-state index in [0.717, 1.165) is 12.6 Å². The summed E-state index contributed by atoms with van der Waals surface area (Å²) in [7, 11) is 4.45. The molecule has 1 N–H and O–H groups in total. The van der Waals surface area contributed by atoms with Gasteiger partial charge in [-0.2, -0.15) is 0 Å². The Morgan fingerprint density at radius 2 is 1.95 bits per heavy atom. The van der Waals surface area contributed by atoms with E-state index in [2.05, 4.69) is 36.1 Å². The predicted octanol–water partition coefficient (Wildman–Crippen LogP) is 2.18. The van der Waals surface area contributed by atoms with Crippen LogP contribution in [0.1, 0.15) is 45.4 Å². The average Bonchev–Trinajstić information content (AvgIpc) is 2.86. The SMILES string of the molecule is CCNCC1(CN2CCC(N(C)C)C2)CCCCC1. The van der Waals surface area contributed by atoms with Crippen LogP contribution in [0.25, 0.3) is 0 Å². The minimum absolute atomic E-state index is 0.565. The summed E-state index contributed by atoms with van der Waals surface area (Å²) < 4.78 is 0. The molecule has 112 valence electrons. The fourth-order valence-electron chi connectivity index (χ4n) is 3.93. The van der Waals surface area contributed by atoms with Gasteiger partial charge in [0.25, 0.3) is 0 Å². The van der Waals surface area contributed by atoms with Gasteiger partial charge in [0.15, 0.2) is 0 Å². The third-order valence-electron chi connectivity index (χ3n) is 5.20. The lowest BCUT2D eigenvalue weighted by Crippen LogP contribution is -2.45. The first-order valence-electron chi connectivity index (χ1n) is 8.25. The highest BCUT2D eigenvalue weighted by Gasteiger charge is 2.35. The molecule has 1 heterocycles. The summed E-state index contributed by atoms with van der Waals surface area (Å²) in [4.78, 5) is 5.13. The number of likely N-dealkylation sites (tertiary alicyclic amines) is 1. The van der Waals surface area contributed by atoms with Crippen molar-refractivity contribution in [2.24, 2.45) is 5.41 Å². The topological polar surface area (TPSA) is 18.5 Å². The molecule has 1 aliphatic carbocycles. The molecule has 1 atom stereocenters. The number of nitrogens with zero attached hydrogens (tertiary/aromatic N) is 2. The van der Waals surface area contributed by atoms with E-state index in [9.17, 15) is 0 Å². The second-order valence-electron chi connectivity index (χ2n) is 6.98. The molecule has 3 heteroatoms. The van der Waals surface area contributed by atoms with Gasteiger partial charge in [0.05, 0.1) is 0 Å². The number of nitrogens with one attached hydrogen (secondary N) is 1. The molecule has 0 bridgehead atoms. The van der Waals surface area contributed by atoms with Crippen LogP contribution in [0.5, 0.6) is 0 Å². The molecule has 2 rings (SSSR count). The molecule has 0 aromatic carbocycles. The Kier molecular flexibility index (Phi) is 5.67. The van der Waals surface area contributed by atoms with Crippen molar-refractivity contribution in [3.05, 3.63) is 0 Å². The first kappa shape index (κ1) is 15.3. The Bertz CT molecular complexity index is 259. The van der Waals surface area contributed by atoms with Gasteiger partial charge in [-0.15, -0.1) is 0 Å². The summed E-state index contributed by atoms with van der Waals surface area (Å²) in [6, 6.07) is 0.778. The van der Waals surface area contributed by atoms with Crippen molar-refractivity contribution in [3.8, 4) is 0 Å². The van der Waals surface area contributed by atoms with Gasteiger partial charge in [-0.3, -0.25) is 0 Å². The highest BCUT2D eigenvalue weighted by atomic mass is 15.2. The van der Waals surface area contributed by atoms with Gasteiger partial charge in [-0.05, 0) is 51.9 Å². The molecule has 19 heavy (non-hydrogen) atoms. The zero-order valence-corrected chi connectivity index (χ0v) is 13.2. The standard InChI is InChI=1S/C16H33N3/c1-4-17-13-16(9-6-5-7-10-16)14-19-11-8-15(12-19)18(2)3/h15,17H,4-14H2,1-3H3. The molecule has 2 fully saturated rings. The van der Waals surface area contributed by atoms with Gasteiger partial charge in [0, 0.05) is 25.7 Å². The summed E-state index contributed by atoms with van der Waals surface area (Å²) in [6.07, 6.45) is 8.55. The lowest BCUT2D eigenvalue weighted by atomic mass is 9.73. The highest BCUT2D eigenvalue weighted by molar-refractivity contribution is 4.91. The molecule has 0 radical (unpaired) electrons. The number of hydrogen-bond acceptors (Lipinski definition) is 3. The molecule has 3 nitrogen and oxygen atoms in total. The molecule has 0 spiro atoms. The van der Waals surface area contributed by atoms with E-state index in [1.165, 1.54) is 64.7 Å². The summed E-state index contributed by atoms with van der Waals surface area (Å²) >= 11 is 0. The normalized spacial score (nSPS) is 28.1. The molecular weight excluding hydrogens is 234 g/mol. The molecule has 0 aromatic heterocycles. The van der Waals surface area contributed by atoms with Crippen LogP contribution in [0, 0.1) is 5.41 Å². The van der Waals surface area contributed by atoms with Gasteiger partial charge in [-0.1, -0.05) is 26.2 Å². The first-order valence-corrected chi connectivity index (χ1v) is 8.25. The smallest absolute Gasteiger partial charge is 0.0229 e. The maximum atomic E-state index is 3.63. The maximum Gasteiger partial charge on any atom is 0.0229 e. The average molecular weight is 267 g/mol. The largest absolute Gasteiger partial charge is 0.316 e. The van der Waals surface area contributed by atoms with Crippen molar-refractivity contribution in [2.45, 2.75) is 51.5 Å². The van der Waals surface area contributed by atoms with Crippen LogP contribution in [0.3, 0.4) is 0 Å². The van der Waals surface area contributed by atoms with Gasteiger partial charge in [0.1, 0.15) is 0 Å². The third kappa shape index (κ3) is 4.17. The van der Waals surface area contributed by atoms with Crippen LogP contribution >= 0.6 is 0 Å². The molecule has 1 saturated carbocycles. The summed E-state index contributed by atoms with van der Waals surface area (Å²) in [5, 5.41) is 3.63. The maximum absolute atomic E-state index is 3.63. The Labute approximate surface area is 119 Å². The molecule has 0 amide bonds. The van der Waals surface area contributed by atoms with Crippen molar-refractivity contribution in [3.63, 3.8) is 0 Å². The number of rotatable bonds is 6. The van der Waals surface area contributed by atoms with Crippen LogP contribution in [-0.4, -0.2) is 62.7 Å². The van der Waals surface area contributed by atoms with E-state index in [4.69, 9.17) is 0 Å². The summed E-state index contributed by atoms with van der Waals surface area (Å²) in [5.41, 5.74) is 0.565. The lowest BCUT2D eigenvalue weighted by molar-refractivity contribution is 0.113. The summed E-state index contributed by atoms with van der Waals surface area (Å²) in [6.45, 7) is 8.48. The Hall–Kier alpha value is -0.120. The van der Waals surface area contributed by atoms with E-state index >= 15 is 0 Å². The van der Waals surface area contributed by atoms with Crippen molar-refractivity contribution in [1.29, 1.82) is 0 Å². The van der Waals surface area contributed by atoms with Gasteiger partial charge in [0.2, 0.25) is 0 Å². The van der Waals surface area contributed by atoms with Crippen molar-refractivity contribution >= 4 is 0 Å². The van der Waals surface area contributed by atoms with Gasteiger partial charge >= 0.3 is 0 Å². The lowest BCUT2D eigenvalue weighted by Gasteiger charge is -2.40. The van der Waals surface area contributed by atoms with E-state index in [-0.39, 0.29) is 0 Å². The van der Waals surface area contributed by atoms with Crippen molar-refractivity contribution in [2.75, 3.05) is 46.8 Å². The van der Waals surface area contributed by atoms with Crippen LogP contribution in [-0.2, 0) is 0 Å². The Morgan fingerprint density at radius 3 is 2.53 bits per heavy atom. The van der Waals surface area contributed by atoms with Crippen molar-refractivity contribution < 1.29 is 0 Å². The quantitative estimate of drug-likeness (QED) is 0.796. The zero-order valence-electron chi connectivity index (χ0n) is 13.2. The molecule has 2 aliphatic rings. The minimum Gasteiger partial charge on any atom is -0.316 e. The Morgan fingerprint density at radius 1 is 1.21 bits per heavy atom. The van der Waals surface area contributed by atoms with E-state index in [1.807, 2.05) is 0 Å². The predicted molar refractivity (Wildman–Crippen MR) is 82.6 cm³/mol. The number of hydrogen-bond donors (Lipinski definition) is 1. The second kappa shape index (κ2) is 7.05. The molecule has 1 aliphatic heterocycles. The van der Waals surface area contributed by atoms with Crippen LogP contribution in [0.4, 0.5) is 0 Å². The minimum atomic E-state index is 0.565. The molecule has 1 saturated heterocycles. The molecule has 1 unspecified atom stereocenters. The zero-order chi connectivity index (χ0) is 13.7. The summed E-state index contributed by atoms with van der Waals surface area (Å²) in [5.74, 6) is 0. The fraction of sp³-hybridized carbons (Fsp3) is 1.00. The monoisotopic (exact) mass is 267 g/mol. The molecule has 0 aromatic rings. The number of likely N-dealkylation sites (N-methyl/N-ethyl adjacent to an activating group) is 1. The fourth-order valence-corrected chi connectivity index (χ4v) is 3.93. The van der Waals surface area contributed by atoms with Gasteiger partial charge in [-0.25, -0.2) is 0 Å². The molecular formula is C16H33N3. The van der Waals surface area contributed by atoms with E-state index in [0.29, 0.717) is 5.41 Å². The van der Waals surface area contributed by atoms with E-state index in [1.54, 1.807) is 0 Å². The first-order chi connectivity index (χ1) is 9.15. The Balaban J connectivity index is 1.89. The van der Waals surface area contributed by atoms with Crippen molar-refractivity contribution in [1.82, 2.24) is 15.1 Å². The third-order valence-corrected chi connectivity index (χ3v) is 5.20. The highest BCUT2D eigenvalue weighted by Crippen LogP contribution is 2.37. The van der Waals surface area contributed by atoms with Crippen LogP contribution < -0.4 is 5.32 Å². The van der Waals surface area contributed by atoms with E-state index < -0.39 is 0 Å².